The second-order valence-electron chi connectivity index (χ2n) is 2.57. The molecule has 0 aromatic carbocycles. The van der Waals surface area contributed by atoms with Crippen LogP contribution in [0.1, 0.15) is 20.8 Å². The van der Waals surface area contributed by atoms with Gasteiger partial charge in [0.05, 0.1) is 0 Å². The Balaban J connectivity index is 3.16. The lowest BCUT2D eigenvalue weighted by atomic mass is 10.6. The van der Waals surface area contributed by atoms with Gasteiger partial charge in [0.1, 0.15) is 0 Å². The van der Waals surface area contributed by atoms with Gasteiger partial charge in [0.2, 0.25) is 0 Å². The Kier molecular flexibility index (Phi) is 5.54. The van der Waals surface area contributed by atoms with Gasteiger partial charge in [-0.05, 0) is 12.1 Å². The van der Waals surface area contributed by atoms with E-state index in [0.29, 0.717) is 5.54 Å². The van der Waals surface area contributed by atoms with Crippen LogP contribution < -0.4 is 5.32 Å². The zero-order chi connectivity index (χ0) is 7.28. The van der Waals surface area contributed by atoms with E-state index in [1.165, 1.54) is 0 Å². The van der Waals surface area contributed by atoms with E-state index < -0.39 is 8.11 Å². The summed E-state index contributed by atoms with van der Waals surface area (Å²) in [6.45, 7) is 7.55. The first-order valence-electron chi connectivity index (χ1n) is 3.53. The average Bonchev–Trinajstić information content (AvgIpc) is 1.82. The zero-order valence-corrected chi connectivity index (χ0v) is 8.36. The third-order valence-electron chi connectivity index (χ3n) is 1.31. The molecule has 0 saturated carbocycles. The summed E-state index contributed by atoms with van der Waals surface area (Å²) < 4.78 is 0. The third kappa shape index (κ3) is 4.94. The van der Waals surface area contributed by atoms with Gasteiger partial charge >= 0.3 is 0 Å². The summed E-state index contributed by atoms with van der Waals surface area (Å²) in [6.07, 6.45) is 1.07. The Morgan fingerprint density at radius 2 is 2.11 bits per heavy atom. The van der Waals surface area contributed by atoms with Crippen LogP contribution in [0.25, 0.3) is 0 Å². The van der Waals surface area contributed by atoms with Crippen molar-refractivity contribution in [1.82, 2.24) is 5.32 Å². The van der Waals surface area contributed by atoms with E-state index in [4.69, 9.17) is 11.1 Å². The maximum atomic E-state index is 6.07. The first-order chi connectivity index (χ1) is 4.18. The van der Waals surface area contributed by atoms with Crippen molar-refractivity contribution in [1.29, 1.82) is 0 Å². The number of hydrogen-bond acceptors (Lipinski definition) is 1. The summed E-state index contributed by atoms with van der Waals surface area (Å²) in [5, 5.41) is 3.26. The quantitative estimate of drug-likeness (QED) is 0.492. The molecular formula is C6H16ClNSi. The lowest BCUT2D eigenvalue weighted by molar-refractivity contribution is 0.817. The van der Waals surface area contributed by atoms with Gasteiger partial charge < -0.3 is 5.32 Å². The molecule has 0 saturated heterocycles. The van der Waals surface area contributed by atoms with E-state index in [9.17, 15) is 0 Å². The minimum atomic E-state index is -0.932. The van der Waals surface area contributed by atoms with Crippen LogP contribution in [-0.4, -0.2) is 20.8 Å². The molecule has 0 aliphatic carbocycles. The van der Waals surface area contributed by atoms with Crippen molar-refractivity contribution in [3.8, 4) is 0 Å². The molecule has 1 unspecified atom stereocenters. The monoisotopic (exact) mass is 165 g/mol. The Morgan fingerprint density at radius 3 is 2.44 bits per heavy atom. The van der Waals surface area contributed by atoms with E-state index in [1.54, 1.807) is 0 Å². The maximum absolute atomic E-state index is 6.07. The van der Waals surface area contributed by atoms with Crippen LogP contribution in [0.2, 0.25) is 5.54 Å². The van der Waals surface area contributed by atoms with Gasteiger partial charge in [-0.2, -0.15) is 11.1 Å². The van der Waals surface area contributed by atoms with Crippen LogP contribution in [0.3, 0.4) is 0 Å². The summed E-state index contributed by atoms with van der Waals surface area (Å²) in [4.78, 5) is 0. The normalized spacial score (nSPS) is 14.3. The van der Waals surface area contributed by atoms with Gasteiger partial charge in [-0.3, -0.25) is 0 Å². The van der Waals surface area contributed by atoms with E-state index in [2.05, 4.69) is 26.1 Å². The van der Waals surface area contributed by atoms with Gasteiger partial charge in [-0.15, -0.1) is 0 Å². The van der Waals surface area contributed by atoms with Crippen molar-refractivity contribution in [2.24, 2.45) is 0 Å². The van der Waals surface area contributed by atoms with Gasteiger partial charge in [-0.1, -0.05) is 20.8 Å². The Bertz CT molecular complexity index is 68.1. The van der Waals surface area contributed by atoms with E-state index in [1.807, 2.05) is 0 Å². The van der Waals surface area contributed by atoms with Crippen molar-refractivity contribution < 1.29 is 0 Å². The second-order valence-corrected chi connectivity index (χ2v) is 7.02. The van der Waals surface area contributed by atoms with Crippen molar-refractivity contribution in [3.63, 3.8) is 0 Å². The van der Waals surface area contributed by atoms with Crippen LogP contribution in [0.5, 0.6) is 0 Å². The first-order valence-corrected chi connectivity index (χ1v) is 6.76. The summed E-state index contributed by atoms with van der Waals surface area (Å²) in [7, 11) is -0.932. The van der Waals surface area contributed by atoms with Crippen molar-refractivity contribution in [2.45, 2.75) is 26.3 Å². The molecule has 1 nitrogen and oxygen atoms in total. The Morgan fingerprint density at radius 1 is 1.56 bits per heavy atom. The molecule has 1 N–H and O–H groups in total. The highest BCUT2D eigenvalue weighted by atomic mass is 35.6. The molecule has 9 heavy (non-hydrogen) atoms. The van der Waals surface area contributed by atoms with E-state index in [-0.39, 0.29) is 0 Å². The topological polar surface area (TPSA) is 12.0 Å². The fourth-order valence-electron chi connectivity index (χ4n) is 0.518. The number of nitrogens with one attached hydrogen (secondary N) is 1. The second kappa shape index (κ2) is 5.27. The molecule has 56 valence electrons. The fourth-order valence-corrected chi connectivity index (χ4v) is 1.88. The number of halogens is 1. The van der Waals surface area contributed by atoms with Crippen LogP contribution in [0, 0.1) is 0 Å². The highest BCUT2D eigenvalue weighted by Gasteiger charge is 2.09. The summed E-state index contributed by atoms with van der Waals surface area (Å²) in [5.41, 5.74) is 0.714. The Labute approximate surface area is 64.1 Å². The van der Waals surface area contributed by atoms with Crippen LogP contribution in [0.15, 0.2) is 0 Å². The van der Waals surface area contributed by atoms with Gasteiger partial charge in [-0.25, -0.2) is 0 Å². The van der Waals surface area contributed by atoms with E-state index >= 15 is 0 Å². The molecule has 0 heterocycles. The molecule has 0 rings (SSSR count). The lowest BCUT2D eigenvalue weighted by Crippen LogP contribution is -2.28. The van der Waals surface area contributed by atoms with Crippen molar-refractivity contribution in [3.05, 3.63) is 0 Å². The van der Waals surface area contributed by atoms with Crippen LogP contribution >= 0.6 is 11.1 Å². The van der Waals surface area contributed by atoms with Crippen molar-refractivity contribution in [2.75, 3.05) is 12.7 Å². The minimum absolute atomic E-state index is 0.714. The molecule has 0 aliphatic rings. The molecule has 0 fully saturated rings. The standard InChI is InChI=1S/C6H16ClNSi/c1-4-8-5-9(7)6(2)3/h6,8-9H,4-5H2,1-3H3. The van der Waals surface area contributed by atoms with E-state index in [0.717, 1.165) is 12.7 Å². The SMILES string of the molecule is CCNC[SiH](Cl)C(C)C. The molecule has 0 amide bonds. The molecule has 0 spiro atoms. The number of rotatable bonds is 4. The maximum Gasteiger partial charge on any atom is 0.157 e. The molecule has 0 aliphatic heterocycles. The van der Waals surface area contributed by atoms with Gasteiger partial charge in [0.25, 0.3) is 0 Å². The van der Waals surface area contributed by atoms with Crippen LogP contribution in [0.4, 0.5) is 0 Å². The first kappa shape index (κ1) is 9.47. The number of hydrogen-bond donors (Lipinski definition) is 1. The molecule has 0 bridgehead atoms. The summed E-state index contributed by atoms with van der Waals surface area (Å²) in [6, 6.07) is 0. The molecule has 0 aromatic rings. The minimum Gasteiger partial charge on any atom is -0.319 e. The average molecular weight is 166 g/mol. The van der Waals surface area contributed by atoms with Gasteiger partial charge in [0, 0.05) is 6.17 Å². The predicted octanol–water partition coefficient (Wildman–Crippen LogP) is 1.51. The molecular weight excluding hydrogens is 150 g/mol. The third-order valence-corrected chi connectivity index (χ3v) is 5.41. The van der Waals surface area contributed by atoms with Gasteiger partial charge in [0.15, 0.2) is 8.11 Å². The summed E-state index contributed by atoms with van der Waals surface area (Å²) >= 11 is 6.07. The van der Waals surface area contributed by atoms with Crippen LogP contribution in [-0.2, 0) is 0 Å². The highest BCUT2D eigenvalue weighted by Crippen LogP contribution is 2.08. The largest absolute Gasteiger partial charge is 0.319 e. The molecule has 1 atom stereocenters. The Hall–Kier alpha value is 0.467. The molecule has 0 aromatic heterocycles. The smallest absolute Gasteiger partial charge is 0.157 e. The lowest BCUT2D eigenvalue weighted by Gasteiger charge is -2.10. The van der Waals surface area contributed by atoms with Crippen molar-refractivity contribution >= 4 is 19.2 Å². The molecule has 3 heteroatoms. The fraction of sp³-hybridized carbons (Fsp3) is 1.00. The predicted molar refractivity (Wildman–Crippen MR) is 46.6 cm³/mol. The molecule has 0 radical (unpaired) electrons. The highest BCUT2D eigenvalue weighted by molar-refractivity contribution is 7.07. The zero-order valence-electron chi connectivity index (χ0n) is 6.45. The summed E-state index contributed by atoms with van der Waals surface area (Å²) in [5.74, 6) is 0.